The molecular weight excluding hydrogens is 440 g/mol. The third-order valence-corrected chi connectivity index (χ3v) is 6.31. The van der Waals surface area contributed by atoms with Crippen LogP contribution in [0.3, 0.4) is 0 Å². The number of morpholine rings is 1. The average Bonchev–Trinajstić information content (AvgIpc) is 3.29. The van der Waals surface area contributed by atoms with E-state index in [0.29, 0.717) is 23.8 Å². The summed E-state index contributed by atoms with van der Waals surface area (Å²) in [5.41, 5.74) is 1.77. The van der Waals surface area contributed by atoms with Crippen LogP contribution < -0.4 is 15.4 Å². The lowest BCUT2D eigenvalue weighted by Crippen LogP contribution is -2.38. The first kappa shape index (κ1) is 23.2. The van der Waals surface area contributed by atoms with Crippen molar-refractivity contribution < 1.29 is 19.1 Å². The summed E-state index contributed by atoms with van der Waals surface area (Å²) in [5.74, 6) is 0.208. The van der Waals surface area contributed by atoms with Crippen molar-refractivity contribution in [1.82, 2.24) is 20.5 Å². The molecule has 4 rings (SSSR count). The number of thiazole rings is 1. The molecule has 1 aliphatic rings. The minimum Gasteiger partial charge on any atom is -0.484 e. The summed E-state index contributed by atoms with van der Waals surface area (Å²) in [6.45, 7) is 5.40. The number of amides is 2. The van der Waals surface area contributed by atoms with Crippen LogP contribution in [0.2, 0.25) is 0 Å². The van der Waals surface area contributed by atoms with E-state index in [1.807, 2.05) is 36.4 Å². The molecule has 9 heteroatoms. The van der Waals surface area contributed by atoms with Crippen molar-refractivity contribution in [2.24, 2.45) is 0 Å². The molecule has 8 nitrogen and oxygen atoms in total. The Morgan fingerprint density at radius 3 is 2.73 bits per heavy atom. The summed E-state index contributed by atoms with van der Waals surface area (Å²) in [5, 5.41) is 6.21. The van der Waals surface area contributed by atoms with E-state index in [1.54, 1.807) is 12.1 Å². The zero-order chi connectivity index (χ0) is 22.9. The zero-order valence-electron chi connectivity index (χ0n) is 18.4. The van der Waals surface area contributed by atoms with Gasteiger partial charge in [-0.3, -0.25) is 14.5 Å². The summed E-state index contributed by atoms with van der Waals surface area (Å²) in [6, 6.07) is 15.1. The maximum absolute atomic E-state index is 12.5. The largest absolute Gasteiger partial charge is 0.484 e. The Hall–Kier alpha value is -3.01. The van der Waals surface area contributed by atoms with Crippen LogP contribution in [0, 0.1) is 0 Å². The van der Waals surface area contributed by atoms with Crippen molar-refractivity contribution in [3.05, 3.63) is 59.1 Å². The van der Waals surface area contributed by atoms with Gasteiger partial charge < -0.3 is 20.1 Å². The van der Waals surface area contributed by atoms with Crippen LogP contribution >= 0.6 is 11.3 Å². The molecule has 0 spiro atoms. The maximum atomic E-state index is 12.5. The van der Waals surface area contributed by atoms with Gasteiger partial charge in [-0.1, -0.05) is 30.3 Å². The van der Waals surface area contributed by atoms with Crippen molar-refractivity contribution in [2.45, 2.75) is 13.0 Å². The van der Waals surface area contributed by atoms with E-state index in [4.69, 9.17) is 9.47 Å². The van der Waals surface area contributed by atoms with Gasteiger partial charge in [0.25, 0.3) is 11.8 Å². The van der Waals surface area contributed by atoms with Crippen LogP contribution in [0.4, 0.5) is 0 Å². The molecule has 1 saturated heterocycles. The fraction of sp³-hybridized carbons (Fsp3) is 0.375. The van der Waals surface area contributed by atoms with Crippen molar-refractivity contribution in [1.29, 1.82) is 0 Å². The van der Waals surface area contributed by atoms with Gasteiger partial charge in [-0.15, -0.1) is 11.3 Å². The number of nitrogens with zero attached hydrogens (tertiary/aromatic N) is 2. The molecule has 174 valence electrons. The third-order valence-electron chi connectivity index (χ3n) is 5.30. The molecule has 2 aromatic carbocycles. The number of ether oxygens (including phenoxy) is 2. The van der Waals surface area contributed by atoms with Gasteiger partial charge in [0, 0.05) is 26.2 Å². The Balaban J connectivity index is 1.22. The van der Waals surface area contributed by atoms with E-state index in [-0.39, 0.29) is 18.4 Å². The number of hydrogen-bond acceptors (Lipinski definition) is 7. The molecule has 0 atom stereocenters. The number of carbonyl (C=O) groups is 2. The predicted octanol–water partition coefficient (Wildman–Crippen LogP) is 2.44. The molecule has 0 unspecified atom stereocenters. The molecule has 0 aliphatic carbocycles. The summed E-state index contributed by atoms with van der Waals surface area (Å²) >= 11 is 1.32. The molecule has 1 fully saturated rings. The molecular formula is C24H28N4O4S. The lowest BCUT2D eigenvalue weighted by molar-refractivity contribution is -0.123. The predicted molar refractivity (Wildman–Crippen MR) is 128 cm³/mol. The Bertz CT molecular complexity index is 1070. The highest BCUT2D eigenvalue weighted by molar-refractivity contribution is 7.20. The molecule has 0 bridgehead atoms. The molecule has 2 amide bonds. The van der Waals surface area contributed by atoms with E-state index < -0.39 is 0 Å². The molecule has 33 heavy (non-hydrogen) atoms. The Morgan fingerprint density at radius 2 is 1.91 bits per heavy atom. The fourth-order valence-corrected chi connectivity index (χ4v) is 4.40. The standard InChI is InChI=1S/C24H28N4O4S/c29-22(26-16-18-5-2-1-3-6-18)17-32-19-7-8-20-21(15-19)33-24(27-20)23(30)25-9-4-10-28-11-13-31-14-12-28/h1-3,5-8,15H,4,9-14,16-17H2,(H,25,30)(H,26,29). The van der Waals surface area contributed by atoms with E-state index in [0.717, 1.165) is 55.0 Å². The van der Waals surface area contributed by atoms with Crippen molar-refractivity contribution >= 4 is 33.4 Å². The molecule has 0 radical (unpaired) electrons. The number of aromatic nitrogens is 1. The quantitative estimate of drug-likeness (QED) is 0.444. The van der Waals surface area contributed by atoms with Crippen molar-refractivity contribution in [3.63, 3.8) is 0 Å². The van der Waals surface area contributed by atoms with Gasteiger partial charge in [0.2, 0.25) is 0 Å². The Labute approximate surface area is 196 Å². The number of nitrogens with one attached hydrogen (secondary N) is 2. The first-order valence-electron chi connectivity index (χ1n) is 11.1. The molecule has 2 heterocycles. The molecule has 3 aromatic rings. The Morgan fingerprint density at radius 1 is 1.09 bits per heavy atom. The number of benzene rings is 2. The topological polar surface area (TPSA) is 92.8 Å². The van der Waals surface area contributed by atoms with Crippen LogP contribution in [0.25, 0.3) is 10.2 Å². The lowest BCUT2D eigenvalue weighted by atomic mass is 10.2. The maximum Gasteiger partial charge on any atom is 0.280 e. The average molecular weight is 469 g/mol. The monoisotopic (exact) mass is 468 g/mol. The van der Waals surface area contributed by atoms with Crippen LogP contribution in [-0.4, -0.2) is 67.7 Å². The highest BCUT2D eigenvalue weighted by Gasteiger charge is 2.14. The van der Waals surface area contributed by atoms with E-state index in [1.165, 1.54) is 11.3 Å². The number of hydrogen-bond donors (Lipinski definition) is 2. The van der Waals surface area contributed by atoms with Crippen molar-refractivity contribution in [3.8, 4) is 5.75 Å². The minimum absolute atomic E-state index is 0.0758. The smallest absolute Gasteiger partial charge is 0.280 e. The second kappa shape index (κ2) is 11.7. The number of rotatable bonds is 10. The van der Waals surface area contributed by atoms with Gasteiger partial charge in [-0.25, -0.2) is 4.98 Å². The number of fused-ring (bicyclic) bond motifs is 1. The van der Waals surface area contributed by atoms with Gasteiger partial charge in [0.05, 0.1) is 23.4 Å². The van der Waals surface area contributed by atoms with Gasteiger partial charge in [0.1, 0.15) is 5.75 Å². The van der Waals surface area contributed by atoms with Gasteiger partial charge in [-0.2, -0.15) is 0 Å². The second-order valence-electron chi connectivity index (χ2n) is 7.76. The van der Waals surface area contributed by atoms with E-state index in [2.05, 4.69) is 20.5 Å². The third kappa shape index (κ3) is 6.98. The molecule has 1 aliphatic heterocycles. The zero-order valence-corrected chi connectivity index (χ0v) is 19.2. The highest BCUT2D eigenvalue weighted by Crippen LogP contribution is 2.26. The molecule has 0 saturated carbocycles. The molecule has 1 aromatic heterocycles. The summed E-state index contributed by atoms with van der Waals surface area (Å²) in [6.07, 6.45) is 0.890. The SMILES string of the molecule is O=C(COc1ccc2nc(C(=O)NCCCN3CCOCC3)sc2c1)NCc1ccccc1. The fourth-order valence-electron chi connectivity index (χ4n) is 3.49. The van der Waals surface area contributed by atoms with Gasteiger partial charge >= 0.3 is 0 Å². The van der Waals surface area contributed by atoms with Crippen LogP contribution in [-0.2, 0) is 16.1 Å². The Kier molecular flexibility index (Phi) is 8.24. The first-order chi connectivity index (χ1) is 16.2. The summed E-state index contributed by atoms with van der Waals surface area (Å²) in [4.78, 5) is 31.3. The van der Waals surface area contributed by atoms with Crippen LogP contribution in [0.5, 0.6) is 5.75 Å². The van der Waals surface area contributed by atoms with E-state index >= 15 is 0 Å². The van der Waals surface area contributed by atoms with Crippen LogP contribution in [0.15, 0.2) is 48.5 Å². The lowest BCUT2D eigenvalue weighted by Gasteiger charge is -2.26. The normalized spacial score (nSPS) is 14.2. The van der Waals surface area contributed by atoms with Gasteiger partial charge in [-0.05, 0) is 36.7 Å². The minimum atomic E-state index is -0.194. The van der Waals surface area contributed by atoms with Gasteiger partial charge in [0.15, 0.2) is 11.6 Å². The summed E-state index contributed by atoms with van der Waals surface area (Å²) < 4.78 is 11.8. The molecule has 2 N–H and O–H groups in total. The van der Waals surface area contributed by atoms with Crippen LogP contribution in [0.1, 0.15) is 21.8 Å². The summed E-state index contributed by atoms with van der Waals surface area (Å²) in [7, 11) is 0. The van der Waals surface area contributed by atoms with E-state index in [9.17, 15) is 9.59 Å². The highest BCUT2D eigenvalue weighted by atomic mass is 32.1. The second-order valence-corrected chi connectivity index (χ2v) is 8.79. The van der Waals surface area contributed by atoms with Crippen molar-refractivity contribution in [2.75, 3.05) is 46.0 Å². The number of carbonyl (C=O) groups excluding carboxylic acids is 2. The first-order valence-corrected chi connectivity index (χ1v) is 11.9.